The van der Waals surface area contributed by atoms with Crippen LogP contribution in [0.1, 0.15) is 0 Å². The van der Waals surface area contributed by atoms with Crippen LogP contribution < -0.4 is 0 Å². The molecule has 0 N–H and O–H groups in total. The molecule has 8 aromatic carbocycles. The largest absolute Gasteiger partial charge is 0.308 e. The smallest absolute Gasteiger partial charge is 0.0726 e. The monoisotopic (exact) mass is 627 g/mol. The van der Waals surface area contributed by atoms with Crippen LogP contribution in [0.3, 0.4) is 0 Å². The number of benzene rings is 8. The van der Waals surface area contributed by atoms with E-state index < -0.39 is 0 Å². The fourth-order valence-corrected chi connectivity index (χ4v) is 8.84. The summed E-state index contributed by atoms with van der Waals surface area (Å²) in [5.41, 5.74) is 11.0. The van der Waals surface area contributed by atoms with Crippen LogP contribution in [0, 0.1) is 0 Å². The van der Waals surface area contributed by atoms with Gasteiger partial charge < -0.3 is 4.57 Å². The van der Waals surface area contributed by atoms with E-state index in [9.17, 15) is 0 Å². The predicted molar refractivity (Wildman–Crippen MR) is 207 cm³/mol. The molecule has 0 radical (unpaired) electrons. The lowest BCUT2D eigenvalue weighted by atomic mass is 9.93. The molecule has 2 heteroatoms. The summed E-state index contributed by atoms with van der Waals surface area (Å²) in [6, 6.07) is 64.2. The van der Waals surface area contributed by atoms with E-state index in [0.717, 1.165) is 0 Å². The molecular weight excluding hydrogens is 599 g/mol. The van der Waals surface area contributed by atoms with Gasteiger partial charge in [-0.1, -0.05) is 133 Å². The first-order valence-corrected chi connectivity index (χ1v) is 17.3. The zero-order valence-corrected chi connectivity index (χ0v) is 26.9. The standard InChI is InChI=1S/C46H29NS/c1-3-13-30(14-4-1)33-27-34(31-15-5-2-6-16-31)29-35(28-33)32-23-25-36(26-24-32)47-41-21-11-9-19-39(41)43-37-17-7-8-18-38(37)44-40-20-10-12-22-42(40)48-46(44)45(43)47/h1-29H. The van der Waals surface area contributed by atoms with Gasteiger partial charge in [-0.2, -0.15) is 0 Å². The molecule has 0 aliphatic heterocycles. The number of fused-ring (bicyclic) bond motifs is 10. The van der Waals surface area contributed by atoms with E-state index >= 15 is 0 Å². The molecule has 0 saturated heterocycles. The topological polar surface area (TPSA) is 4.93 Å². The lowest BCUT2D eigenvalue weighted by molar-refractivity contribution is 1.19. The average molecular weight is 628 g/mol. The minimum atomic E-state index is 1.17. The van der Waals surface area contributed by atoms with Gasteiger partial charge in [-0.25, -0.2) is 0 Å². The van der Waals surface area contributed by atoms with Crippen LogP contribution in [-0.2, 0) is 0 Å². The second-order valence-electron chi connectivity index (χ2n) is 12.5. The Bertz CT molecular complexity index is 2750. The Hall–Kier alpha value is -5.96. The SMILES string of the molecule is c1ccc(-c2cc(-c3ccccc3)cc(-c3ccc(-n4c5ccccc5c5c6ccccc6c6c7ccccc7sc6c54)cc3)c2)cc1. The first-order chi connectivity index (χ1) is 23.8. The van der Waals surface area contributed by atoms with Gasteiger partial charge in [-0.05, 0) is 86.6 Å². The van der Waals surface area contributed by atoms with E-state index in [1.54, 1.807) is 0 Å². The molecule has 224 valence electrons. The Balaban J connectivity index is 1.21. The van der Waals surface area contributed by atoms with Crippen molar-refractivity contribution in [3.05, 3.63) is 176 Å². The zero-order valence-electron chi connectivity index (χ0n) is 26.1. The molecule has 0 amide bonds. The van der Waals surface area contributed by atoms with Crippen LogP contribution >= 0.6 is 11.3 Å². The van der Waals surface area contributed by atoms with Gasteiger partial charge in [-0.3, -0.25) is 0 Å². The quantitative estimate of drug-likeness (QED) is 0.183. The first kappa shape index (κ1) is 27.2. The maximum atomic E-state index is 2.49. The van der Waals surface area contributed by atoms with Crippen molar-refractivity contribution in [1.82, 2.24) is 4.57 Å². The molecule has 0 fully saturated rings. The maximum Gasteiger partial charge on any atom is 0.0726 e. The zero-order chi connectivity index (χ0) is 31.6. The van der Waals surface area contributed by atoms with Crippen molar-refractivity contribution in [2.75, 3.05) is 0 Å². The molecule has 48 heavy (non-hydrogen) atoms. The number of nitrogens with zero attached hydrogens (tertiary/aromatic N) is 1. The maximum absolute atomic E-state index is 2.49. The van der Waals surface area contributed by atoms with E-state index in [4.69, 9.17) is 0 Å². The third-order valence-corrected chi connectivity index (χ3v) is 10.9. The summed E-state index contributed by atoms with van der Waals surface area (Å²) in [5.74, 6) is 0. The molecule has 0 atom stereocenters. The van der Waals surface area contributed by atoms with E-state index in [1.807, 2.05) is 11.3 Å². The van der Waals surface area contributed by atoms with Gasteiger partial charge in [0.25, 0.3) is 0 Å². The lowest BCUT2D eigenvalue weighted by Crippen LogP contribution is -1.94. The highest BCUT2D eigenvalue weighted by atomic mass is 32.1. The van der Waals surface area contributed by atoms with Gasteiger partial charge in [0.05, 0.1) is 15.7 Å². The fraction of sp³-hybridized carbons (Fsp3) is 0. The van der Waals surface area contributed by atoms with Gasteiger partial charge >= 0.3 is 0 Å². The number of aromatic nitrogens is 1. The fourth-order valence-electron chi connectivity index (χ4n) is 7.59. The summed E-state index contributed by atoms with van der Waals surface area (Å²) in [5, 5.41) is 7.92. The predicted octanol–water partition coefficient (Wildman–Crippen LogP) is 13.3. The summed E-state index contributed by atoms with van der Waals surface area (Å²) in [6.45, 7) is 0. The number of hydrogen-bond acceptors (Lipinski definition) is 1. The Morgan fingerprint density at radius 2 is 0.833 bits per heavy atom. The molecule has 0 saturated carbocycles. The molecule has 2 heterocycles. The minimum Gasteiger partial charge on any atom is -0.308 e. The molecule has 0 bridgehead atoms. The third kappa shape index (κ3) is 4.17. The Kier molecular flexibility index (Phi) is 6.12. The van der Waals surface area contributed by atoms with Gasteiger partial charge in [0.2, 0.25) is 0 Å². The van der Waals surface area contributed by atoms with Gasteiger partial charge in [0.1, 0.15) is 0 Å². The number of rotatable bonds is 4. The molecule has 1 nitrogen and oxygen atoms in total. The molecule has 0 unspecified atom stereocenters. The molecule has 10 aromatic rings. The highest BCUT2D eigenvalue weighted by Crippen LogP contribution is 2.47. The van der Waals surface area contributed by atoms with Crippen molar-refractivity contribution in [3.8, 4) is 39.1 Å². The molecule has 0 aliphatic carbocycles. The lowest BCUT2D eigenvalue weighted by Gasteiger charge is -2.13. The first-order valence-electron chi connectivity index (χ1n) is 16.4. The summed E-state index contributed by atoms with van der Waals surface area (Å²) in [7, 11) is 0. The number of thiophene rings is 1. The molecule has 0 spiro atoms. The number of hydrogen-bond donors (Lipinski definition) is 0. The molecular formula is C46H29NS. The molecule has 10 rings (SSSR count). The van der Waals surface area contributed by atoms with Crippen LogP contribution in [0.2, 0.25) is 0 Å². The highest BCUT2D eigenvalue weighted by molar-refractivity contribution is 7.27. The Morgan fingerprint density at radius 1 is 0.354 bits per heavy atom. The van der Waals surface area contributed by atoms with Crippen LogP contribution in [0.5, 0.6) is 0 Å². The normalized spacial score (nSPS) is 11.8. The van der Waals surface area contributed by atoms with Crippen LogP contribution in [0.4, 0.5) is 0 Å². The van der Waals surface area contributed by atoms with Crippen molar-refractivity contribution < 1.29 is 0 Å². The van der Waals surface area contributed by atoms with E-state index in [-0.39, 0.29) is 0 Å². The third-order valence-electron chi connectivity index (χ3n) is 9.76. The summed E-state index contributed by atoms with van der Waals surface area (Å²) in [6.07, 6.45) is 0. The van der Waals surface area contributed by atoms with Gasteiger partial charge in [0.15, 0.2) is 0 Å². The second kappa shape index (κ2) is 10.8. The second-order valence-corrected chi connectivity index (χ2v) is 13.6. The van der Waals surface area contributed by atoms with E-state index in [1.165, 1.54) is 91.8 Å². The van der Waals surface area contributed by atoms with Crippen molar-refractivity contribution in [2.24, 2.45) is 0 Å². The van der Waals surface area contributed by atoms with Gasteiger partial charge in [0, 0.05) is 31.9 Å². The van der Waals surface area contributed by atoms with Crippen LogP contribution in [-0.4, -0.2) is 4.57 Å². The Morgan fingerprint density at radius 3 is 1.46 bits per heavy atom. The Labute approximate surface area is 282 Å². The van der Waals surface area contributed by atoms with Crippen molar-refractivity contribution in [1.29, 1.82) is 0 Å². The van der Waals surface area contributed by atoms with Crippen molar-refractivity contribution in [3.63, 3.8) is 0 Å². The molecule has 0 aliphatic rings. The van der Waals surface area contributed by atoms with E-state index in [0.29, 0.717) is 0 Å². The van der Waals surface area contributed by atoms with Crippen LogP contribution in [0.15, 0.2) is 176 Å². The van der Waals surface area contributed by atoms with E-state index in [2.05, 4.69) is 180 Å². The highest BCUT2D eigenvalue weighted by Gasteiger charge is 2.21. The molecule has 2 aromatic heterocycles. The summed E-state index contributed by atoms with van der Waals surface area (Å²) >= 11 is 1.91. The van der Waals surface area contributed by atoms with Crippen LogP contribution in [0.25, 0.3) is 91.8 Å². The van der Waals surface area contributed by atoms with Crippen molar-refractivity contribution >= 4 is 64.1 Å². The summed E-state index contributed by atoms with van der Waals surface area (Å²) < 4.78 is 5.16. The van der Waals surface area contributed by atoms with Crippen molar-refractivity contribution in [2.45, 2.75) is 0 Å². The average Bonchev–Trinajstić information content (AvgIpc) is 3.73. The minimum absolute atomic E-state index is 1.17. The summed E-state index contributed by atoms with van der Waals surface area (Å²) in [4.78, 5) is 0. The van der Waals surface area contributed by atoms with Gasteiger partial charge in [-0.15, -0.1) is 11.3 Å². The number of para-hydroxylation sites is 1.